The predicted molar refractivity (Wildman–Crippen MR) is 99.5 cm³/mol. The van der Waals surface area contributed by atoms with Crippen molar-refractivity contribution in [3.8, 4) is 17.3 Å². The van der Waals surface area contributed by atoms with Gasteiger partial charge in [-0.3, -0.25) is 4.79 Å². The molecule has 0 saturated heterocycles. The monoisotopic (exact) mass is 368 g/mol. The SMILES string of the molecule is COc1cnc(-c2nccn2C)cc1[C@@]1(C)C(=O)Nc2cc(Cl)ccc21. The maximum atomic E-state index is 12.9. The number of benzene rings is 1. The van der Waals surface area contributed by atoms with Crippen LogP contribution in [0.2, 0.25) is 5.02 Å². The van der Waals surface area contributed by atoms with Gasteiger partial charge in [0, 0.05) is 35.7 Å². The molecule has 6 nitrogen and oxygen atoms in total. The first-order valence-corrected chi connectivity index (χ1v) is 8.46. The molecule has 4 rings (SSSR count). The van der Waals surface area contributed by atoms with E-state index in [4.69, 9.17) is 16.3 Å². The first kappa shape index (κ1) is 16.6. The molecule has 7 heteroatoms. The van der Waals surface area contributed by atoms with E-state index in [-0.39, 0.29) is 5.91 Å². The number of halogens is 1. The first-order valence-electron chi connectivity index (χ1n) is 8.09. The van der Waals surface area contributed by atoms with Gasteiger partial charge < -0.3 is 14.6 Å². The molecule has 0 spiro atoms. The van der Waals surface area contributed by atoms with Crippen molar-refractivity contribution in [1.82, 2.24) is 14.5 Å². The molecule has 0 aliphatic carbocycles. The number of nitrogens with zero attached hydrogens (tertiary/aromatic N) is 3. The lowest BCUT2D eigenvalue weighted by molar-refractivity contribution is -0.119. The zero-order valence-corrected chi connectivity index (χ0v) is 15.3. The molecular weight excluding hydrogens is 352 g/mol. The molecule has 1 aliphatic heterocycles. The Bertz CT molecular complexity index is 1030. The third-order valence-electron chi connectivity index (χ3n) is 4.90. The Morgan fingerprint density at radius 1 is 1.23 bits per heavy atom. The van der Waals surface area contributed by atoms with Crippen LogP contribution in [-0.2, 0) is 17.3 Å². The number of fused-ring (bicyclic) bond motifs is 1. The number of nitrogens with one attached hydrogen (secondary N) is 1. The molecular formula is C19H17ClN4O2. The number of carbonyl (C=O) groups is 1. The van der Waals surface area contributed by atoms with E-state index in [1.54, 1.807) is 31.6 Å². The number of rotatable bonds is 3. The van der Waals surface area contributed by atoms with Gasteiger partial charge in [0.1, 0.15) is 16.9 Å². The molecule has 1 aliphatic rings. The Labute approximate surface area is 155 Å². The summed E-state index contributed by atoms with van der Waals surface area (Å²) in [5, 5.41) is 3.50. The summed E-state index contributed by atoms with van der Waals surface area (Å²) < 4.78 is 7.40. The predicted octanol–water partition coefficient (Wildman–Crippen LogP) is 3.40. The zero-order valence-electron chi connectivity index (χ0n) is 14.6. The molecule has 0 fully saturated rings. The van der Waals surface area contributed by atoms with E-state index in [0.29, 0.717) is 28.0 Å². The Morgan fingerprint density at radius 2 is 2.04 bits per heavy atom. The van der Waals surface area contributed by atoms with Crippen LogP contribution in [0.5, 0.6) is 5.75 Å². The average molecular weight is 369 g/mol. The Kier molecular flexibility index (Phi) is 3.73. The Balaban J connectivity index is 1.95. The Morgan fingerprint density at radius 3 is 2.73 bits per heavy atom. The van der Waals surface area contributed by atoms with Gasteiger partial charge in [0.15, 0.2) is 5.82 Å². The van der Waals surface area contributed by atoms with Crippen molar-refractivity contribution in [1.29, 1.82) is 0 Å². The highest BCUT2D eigenvalue weighted by Gasteiger charge is 2.46. The molecule has 26 heavy (non-hydrogen) atoms. The standard InChI is InChI=1S/C19H17ClN4O2/c1-19(12-5-4-11(20)8-14(12)23-18(19)25)13-9-15(22-10-16(13)26-3)17-21-6-7-24(17)2/h4-10H,1-3H3,(H,23,25)/t19-/m0/s1. The number of imidazole rings is 1. The van der Waals surface area contributed by atoms with E-state index in [9.17, 15) is 4.79 Å². The molecule has 0 bridgehead atoms. The minimum atomic E-state index is -0.923. The smallest absolute Gasteiger partial charge is 0.239 e. The number of aromatic nitrogens is 3. The van der Waals surface area contributed by atoms with E-state index in [1.807, 2.05) is 36.9 Å². The third kappa shape index (κ3) is 2.29. The maximum absolute atomic E-state index is 12.9. The van der Waals surface area contributed by atoms with E-state index >= 15 is 0 Å². The second-order valence-corrected chi connectivity index (χ2v) is 6.84. The lowest BCUT2D eigenvalue weighted by Gasteiger charge is -2.25. The molecule has 1 atom stereocenters. The van der Waals surface area contributed by atoms with Gasteiger partial charge in [0.25, 0.3) is 0 Å². The van der Waals surface area contributed by atoms with E-state index in [1.165, 1.54) is 0 Å². The molecule has 2 aromatic heterocycles. The number of hydrogen-bond acceptors (Lipinski definition) is 4. The largest absolute Gasteiger partial charge is 0.495 e. The van der Waals surface area contributed by atoms with Crippen LogP contribution in [0.25, 0.3) is 11.5 Å². The van der Waals surface area contributed by atoms with Crippen molar-refractivity contribution >= 4 is 23.2 Å². The van der Waals surface area contributed by atoms with Crippen LogP contribution in [0.3, 0.4) is 0 Å². The lowest BCUT2D eigenvalue weighted by atomic mass is 9.77. The lowest BCUT2D eigenvalue weighted by Crippen LogP contribution is -2.33. The molecule has 1 aromatic carbocycles. The van der Waals surface area contributed by atoms with E-state index in [0.717, 1.165) is 11.1 Å². The molecule has 3 heterocycles. The van der Waals surface area contributed by atoms with Crippen LogP contribution in [-0.4, -0.2) is 27.6 Å². The van der Waals surface area contributed by atoms with Gasteiger partial charge >= 0.3 is 0 Å². The quantitative estimate of drug-likeness (QED) is 0.769. The highest BCUT2D eigenvalue weighted by molar-refractivity contribution is 6.31. The van der Waals surface area contributed by atoms with Crippen molar-refractivity contribution in [2.75, 3.05) is 12.4 Å². The van der Waals surface area contributed by atoms with Gasteiger partial charge in [-0.05, 0) is 30.7 Å². The van der Waals surface area contributed by atoms with Gasteiger partial charge in [-0.1, -0.05) is 17.7 Å². The molecule has 1 N–H and O–H groups in total. The van der Waals surface area contributed by atoms with Crippen LogP contribution in [0.15, 0.2) is 42.9 Å². The number of ether oxygens (including phenoxy) is 1. The summed E-state index contributed by atoms with van der Waals surface area (Å²) >= 11 is 6.08. The van der Waals surface area contributed by atoms with Crippen LogP contribution in [0.4, 0.5) is 5.69 Å². The van der Waals surface area contributed by atoms with Crippen molar-refractivity contribution in [3.05, 3.63) is 59.0 Å². The second-order valence-electron chi connectivity index (χ2n) is 6.40. The summed E-state index contributed by atoms with van der Waals surface area (Å²) in [7, 11) is 3.47. The van der Waals surface area contributed by atoms with Gasteiger partial charge in [-0.25, -0.2) is 9.97 Å². The fourth-order valence-electron chi connectivity index (χ4n) is 3.42. The highest BCUT2D eigenvalue weighted by Crippen LogP contribution is 2.46. The van der Waals surface area contributed by atoms with Crippen molar-refractivity contribution in [2.24, 2.45) is 7.05 Å². The van der Waals surface area contributed by atoms with Crippen LogP contribution < -0.4 is 10.1 Å². The maximum Gasteiger partial charge on any atom is 0.239 e. The van der Waals surface area contributed by atoms with Gasteiger partial charge in [0.2, 0.25) is 5.91 Å². The number of carbonyl (C=O) groups excluding carboxylic acids is 1. The van der Waals surface area contributed by atoms with E-state index < -0.39 is 5.41 Å². The third-order valence-corrected chi connectivity index (χ3v) is 5.13. The van der Waals surface area contributed by atoms with E-state index in [2.05, 4.69) is 15.3 Å². The highest BCUT2D eigenvalue weighted by atomic mass is 35.5. The number of hydrogen-bond donors (Lipinski definition) is 1. The van der Waals surface area contributed by atoms with Gasteiger partial charge in [0.05, 0.1) is 13.3 Å². The molecule has 132 valence electrons. The molecule has 0 radical (unpaired) electrons. The van der Waals surface area contributed by atoms with Crippen molar-refractivity contribution in [2.45, 2.75) is 12.3 Å². The topological polar surface area (TPSA) is 69.0 Å². The summed E-state index contributed by atoms with van der Waals surface area (Å²) in [6.45, 7) is 1.88. The number of pyridine rings is 1. The van der Waals surface area contributed by atoms with Crippen LogP contribution >= 0.6 is 11.6 Å². The van der Waals surface area contributed by atoms with Crippen LogP contribution in [0, 0.1) is 0 Å². The Hall–Kier alpha value is -2.86. The molecule has 0 unspecified atom stereocenters. The molecule has 1 amide bonds. The summed E-state index contributed by atoms with van der Waals surface area (Å²) in [4.78, 5) is 21.7. The molecule has 3 aromatic rings. The number of amides is 1. The van der Waals surface area contributed by atoms with Crippen LogP contribution in [0.1, 0.15) is 18.1 Å². The summed E-state index contributed by atoms with van der Waals surface area (Å²) in [5.74, 6) is 1.13. The fraction of sp³-hybridized carbons (Fsp3) is 0.211. The number of aryl methyl sites for hydroxylation is 1. The van der Waals surface area contributed by atoms with Gasteiger partial charge in [-0.2, -0.15) is 0 Å². The minimum absolute atomic E-state index is 0.134. The summed E-state index contributed by atoms with van der Waals surface area (Å²) in [5.41, 5.74) is 2.04. The molecule has 0 saturated carbocycles. The second kappa shape index (κ2) is 5.85. The zero-order chi connectivity index (χ0) is 18.5. The minimum Gasteiger partial charge on any atom is -0.495 e. The fourth-order valence-corrected chi connectivity index (χ4v) is 3.60. The normalized spacial score (nSPS) is 18.5. The summed E-state index contributed by atoms with van der Waals surface area (Å²) in [6, 6.07) is 7.28. The number of anilines is 1. The number of methoxy groups -OCH3 is 1. The average Bonchev–Trinajstić information content (AvgIpc) is 3.16. The van der Waals surface area contributed by atoms with Crippen molar-refractivity contribution < 1.29 is 9.53 Å². The van der Waals surface area contributed by atoms with Gasteiger partial charge in [-0.15, -0.1) is 0 Å². The summed E-state index contributed by atoms with van der Waals surface area (Å²) in [6.07, 6.45) is 5.19. The van der Waals surface area contributed by atoms with Crippen molar-refractivity contribution in [3.63, 3.8) is 0 Å². The first-order chi connectivity index (χ1) is 12.4.